The number of aromatic hydroxyl groups is 1. The monoisotopic (exact) mass is 178 g/mol. The van der Waals surface area contributed by atoms with Crippen LogP contribution in [0.2, 0.25) is 0 Å². The summed E-state index contributed by atoms with van der Waals surface area (Å²) in [6.45, 7) is 0. The summed E-state index contributed by atoms with van der Waals surface area (Å²) in [5, 5.41) is 28.0. The van der Waals surface area contributed by atoms with Crippen molar-refractivity contribution in [2.24, 2.45) is 0 Å². The van der Waals surface area contributed by atoms with Gasteiger partial charge < -0.3 is 5.11 Å². The summed E-state index contributed by atoms with van der Waals surface area (Å²) in [5.41, 5.74) is -0.156. The number of nitro groups is 1. The summed E-state index contributed by atoms with van der Waals surface area (Å²) >= 11 is 0. The van der Waals surface area contributed by atoms with E-state index in [0.29, 0.717) is 0 Å². The van der Waals surface area contributed by atoms with Crippen molar-refractivity contribution < 1.29 is 10.0 Å². The molecule has 1 rings (SSSR count). The number of benzene rings is 1. The molecule has 0 heterocycles. The maximum absolute atomic E-state index is 10.5. The Balaban J connectivity index is 3.27. The number of nitrogens with zero attached hydrogens (tertiary/aromatic N) is 2. The Morgan fingerprint density at radius 1 is 1.62 bits per heavy atom. The number of para-hydroxylation sites is 1. The van der Waals surface area contributed by atoms with Crippen molar-refractivity contribution in [1.82, 2.24) is 0 Å². The minimum absolute atomic E-state index is 0.0787. The van der Waals surface area contributed by atoms with Crippen molar-refractivity contribution >= 4 is 5.69 Å². The minimum Gasteiger partial charge on any atom is -0.502 e. The zero-order valence-electron chi connectivity index (χ0n) is 6.60. The van der Waals surface area contributed by atoms with Gasteiger partial charge in [-0.05, 0) is 6.07 Å². The molecule has 0 radical (unpaired) electrons. The van der Waals surface area contributed by atoms with E-state index in [1.807, 2.05) is 0 Å². The molecule has 0 saturated heterocycles. The third-order valence-electron chi connectivity index (χ3n) is 1.55. The van der Waals surface area contributed by atoms with Crippen molar-refractivity contribution in [3.63, 3.8) is 0 Å². The van der Waals surface area contributed by atoms with E-state index in [-0.39, 0.29) is 17.7 Å². The van der Waals surface area contributed by atoms with Gasteiger partial charge in [0.1, 0.15) is 0 Å². The Labute approximate surface area is 74.0 Å². The van der Waals surface area contributed by atoms with Gasteiger partial charge in [0.05, 0.1) is 17.4 Å². The Hall–Kier alpha value is -2.09. The summed E-state index contributed by atoms with van der Waals surface area (Å²) in [7, 11) is 0. The van der Waals surface area contributed by atoms with Crippen LogP contribution in [0.1, 0.15) is 5.56 Å². The van der Waals surface area contributed by atoms with Crippen LogP contribution in [0.3, 0.4) is 0 Å². The van der Waals surface area contributed by atoms with Crippen LogP contribution in [0.25, 0.3) is 0 Å². The van der Waals surface area contributed by atoms with Crippen LogP contribution in [0, 0.1) is 21.4 Å². The topological polar surface area (TPSA) is 87.2 Å². The van der Waals surface area contributed by atoms with Crippen LogP contribution in [0.4, 0.5) is 5.69 Å². The van der Waals surface area contributed by atoms with E-state index in [1.165, 1.54) is 18.2 Å². The molecule has 1 aromatic rings. The lowest BCUT2D eigenvalue weighted by Gasteiger charge is -1.99. The molecule has 0 aromatic heterocycles. The molecule has 66 valence electrons. The molecule has 0 aliphatic carbocycles. The number of rotatable bonds is 2. The van der Waals surface area contributed by atoms with Gasteiger partial charge >= 0.3 is 5.69 Å². The van der Waals surface area contributed by atoms with Crippen molar-refractivity contribution in [3.05, 3.63) is 33.9 Å². The lowest BCUT2D eigenvalue weighted by Crippen LogP contribution is -1.94. The quantitative estimate of drug-likeness (QED) is 0.547. The average molecular weight is 178 g/mol. The van der Waals surface area contributed by atoms with Gasteiger partial charge in [-0.1, -0.05) is 12.1 Å². The fourth-order valence-corrected chi connectivity index (χ4v) is 1.02. The van der Waals surface area contributed by atoms with E-state index < -0.39 is 10.7 Å². The van der Waals surface area contributed by atoms with Gasteiger partial charge in [0.15, 0.2) is 5.75 Å². The van der Waals surface area contributed by atoms with E-state index >= 15 is 0 Å². The van der Waals surface area contributed by atoms with Gasteiger partial charge in [0, 0.05) is 5.56 Å². The lowest BCUT2D eigenvalue weighted by atomic mass is 10.1. The number of hydrogen-bond acceptors (Lipinski definition) is 4. The van der Waals surface area contributed by atoms with Crippen LogP contribution in [-0.2, 0) is 6.42 Å². The molecular weight excluding hydrogens is 172 g/mol. The number of hydrogen-bond donors (Lipinski definition) is 1. The first-order chi connectivity index (χ1) is 6.16. The maximum Gasteiger partial charge on any atom is 0.314 e. The number of phenolic OH excluding ortho intramolecular Hbond substituents is 1. The fourth-order valence-electron chi connectivity index (χ4n) is 1.02. The van der Waals surface area contributed by atoms with Crippen molar-refractivity contribution in [3.8, 4) is 11.8 Å². The van der Waals surface area contributed by atoms with E-state index in [0.717, 1.165) is 0 Å². The molecule has 0 fully saturated rings. The summed E-state index contributed by atoms with van der Waals surface area (Å²) in [5.74, 6) is -0.405. The molecule has 0 amide bonds. The van der Waals surface area contributed by atoms with E-state index in [2.05, 4.69) is 0 Å². The van der Waals surface area contributed by atoms with Crippen molar-refractivity contribution in [2.75, 3.05) is 0 Å². The maximum atomic E-state index is 10.5. The zero-order valence-corrected chi connectivity index (χ0v) is 6.60. The normalized spacial score (nSPS) is 9.15. The molecular formula is C8H6N2O3. The molecule has 0 atom stereocenters. The Morgan fingerprint density at radius 2 is 2.31 bits per heavy atom. The van der Waals surface area contributed by atoms with Crippen molar-refractivity contribution in [2.45, 2.75) is 6.42 Å². The largest absolute Gasteiger partial charge is 0.502 e. The summed E-state index contributed by atoms with van der Waals surface area (Å²) in [4.78, 5) is 9.76. The molecule has 0 unspecified atom stereocenters. The highest BCUT2D eigenvalue weighted by Crippen LogP contribution is 2.29. The average Bonchev–Trinajstić information content (AvgIpc) is 2.04. The van der Waals surface area contributed by atoms with Crippen LogP contribution in [0.15, 0.2) is 18.2 Å². The summed E-state index contributed by atoms with van der Waals surface area (Å²) < 4.78 is 0. The molecule has 1 aromatic carbocycles. The molecule has 0 aliphatic rings. The zero-order chi connectivity index (χ0) is 9.84. The first-order valence-electron chi connectivity index (χ1n) is 3.49. The molecule has 0 bridgehead atoms. The fraction of sp³-hybridized carbons (Fsp3) is 0.125. The second kappa shape index (κ2) is 3.54. The number of phenols is 1. The molecule has 5 nitrogen and oxygen atoms in total. The Morgan fingerprint density at radius 3 is 2.85 bits per heavy atom. The first kappa shape index (κ1) is 9.00. The standard InChI is InChI=1S/C8H6N2O3/c9-5-4-6-2-1-3-7(11)8(6)10(12)13/h1-3,11H,4H2. The second-order valence-corrected chi connectivity index (χ2v) is 2.38. The lowest BCUT2D eigenvalue weighted by molar-refractivity contribution is -0.386. The first-order valence-corrected chi connectivity index (χ1v) is 3.49. The van der Waals surface area contributed by atoms with Crippen molar-refractivity contribution in [1.29, 1.82) is 5.26 Å². The van der Waals surface area contributed by atoms with Gasteiger partial charge in [0.25, 0.3) is 0 Å². The van der Waals surface area contributed by atoms with Gasteiger partial charge in [-0.15, -0.1) is 0 Å². The molecule has 0 spiro atoms. The molecule has 1 N–H and O–H groups in total. The summed E-state index contributed by atoms with van der Waals surface area (Å²) in [6.07, 6.45) is -0.0787. The Bertz CT molecular complexity index is 381. The van der Waals surface area contributed by atoms with E-state index in [9.17, 15) is 10.1 Å². The van der Waals surface area contributed by atoms with Gasteiger partial charge in [-0.25, -0.2) is 0 Å². The minimum atomic E-state index is -0.692. The van der Waals surface area contributed by atoms with Gasteiger partial charge in [-0.3, -0.25) is 10.1 Å². The third kappa shape index (κ3) is 1.73. The predicted octanol–water partition coefficient (Wildman–Crippen LogP) is 1.37. The SMILES string of the molecule is N#CCc1cccc(O)c1[N+](=O)[O-]. The highest BCUT2D eigenvalue weighted by Gasteiger charge is 2.18. The highest BCUT2D eigenvalue weighted by molar-refractivity contribution is 5.52. The highest BCUT2D eigenvalue weighted by atomic mass is 16.6. The second-order valence-electron chi connectivity index (χ2n) is 2.38. The third-order valence-corrected chi connectivity index (χ3v) is 1.55. The van der Waals surface area contributed by atoms with Crippen LogP contribution < -0.4 is 0 Å². The molecule has 13 heavy (non-hydrogen) atoms. The smallest absolute Gasteiger partial charge is 0.314 e. The van der Waals surface area contributed by atoms with Crippen LogP contribution in [-0.4, -0.2) is 10.0 Å². The molecule has 0 saturated carbocycles. The van der Waals surface area contributed by atoms with E-state index in [4.69, 9.17) is 10.4 Å². The molecule has 0 aliphatic heterocycles. The Kier molecular flexibility index (Phi) is 2.45. The summed E-state index contributed by atoms with van der Waals surface area (Å²) in [6, 6.07) is 5.92. The number of nitriles is 1. The van der Waals surface area contributed by atoms with E-state index in [1.54, 1.807) is 6.07 Å². The van der Waals surface area contributed by atoms with Gasteiger partial charge in [0.2, 0.25) is 0 Å². The van der Waals surface area contributed by atoms with Gasteiger partial charge in [-0.2, -0.15) is 5.26 Å². The van der Waals surface area contributed by atoms with Crippen LogP contribution >= 0.6 is 0 Å². The predicted molar refractivity (Wildman–Crippen MR) is 44.1 cm³/mol. The molecule has 5 heteroatoms. The number of nitro benzene ring substituents is 1. The van der Waals surface area contributed by atoms with Crippen LogP contribution in [0.5, 0.6) is 5.75 Å².